The average molecular weight is 382 g/mol. The smallest absolute Gasteiger partial charge is 0.317 e. The summed E-state index contributed by atoms with van der Waals surface area (Å²) in [4.78, 5) is 26.8. The van der Waals surface area contributed by atoms with Crippen molar-refractivity contribution in [2.45, 2.75) is 46.0 Å². The van der Waals surface area contributed by atoms with E-state index < -0.39 is 23.0 Å². The molecule has 1 aromatic rings. The van der Waals surface area contributed by atoms with Crippen molar-refractivity contribution in [2.75, 3.05) is 26.2 Å². The molecule has 1 aliphatic heterocycles. The highest BCUT2D eigenvalue weighted by molar-refractivity contribution is 5.80. The number of rotatable bonds is 7. The van der Waals surface area contributed by atoms with E-state index in [9.17, 15) is 18.4 Å². The van der Waals surface area contributed by atoms with Crippen LogP contribution in [0.4, 0.5) is 13.6 Å². The first-order valence-corrected chi connectivity index (χ1v) is 9.56. The highest BCUT2D eigenvalue weighted by atomic mass is 19.1. The number of hydrogen-bond donors (Lipinski definition) is 1. The number of nitrogens with one attached hydrogen (secondary N) is 1. The summed E-state index contributed by atoms with van der Waals surface area (Å²) in [6, 6.07) is 3.12. The first-order chi connectivity index (χ1) is 12.9. The van der Waals surface area contributed by atoms with Crippen LogP contribution < -0.4 is 5.32 Å². The first kappa shape index (κ1) is 21.1. The fraction of sp³-hybridized carbons (Fsp3) is 0.600. The molecule has 150 valence electrons. The zero-order chi connectivity index (χ0) is 19.9. The second-order valence-corrected chi connectivity index (χ2v) is 7.02. The number of nitrogens with zero attached hydrogens (tertiary/aromatic N) is 1. The Bertz CT molecular complexity index is 669. The molecule has 1 aliphatic rings. The largest absolute Gasteiger partial charge is 0.466 e. The van der Waals surface area contributed by atoms with Gasteiger partial charge in [-0.15, -0.1) is 0 Å². The quantitative estimate of drug-likeness (QED) is 0.578. The molecule has 0 saturated carbocycles. The van der Waals surface area contributed by atoms with Crippen molar-refractivity contribution in [3.63, 3.8) is 0 Å². The molecule has 2 rings (SSSR count). The average Bonchev–Trinajstić information content (AvgIpc) is 2.64. The Labute approximate surface area is 159 Å². The highest BCUT2D eigenvalue weighted by Crippen LogP contribution is 2.36. The summed E-state index contributed by atoms with van der Waals surface area (Å²) < 4.78 is 32.7. The number of benzene rings is 1. The number of piperidine rings is 1. The summed E-state index contributed by atoms with van der Waals surface area (Å²) in [6.45, 7) is 5.21. The van der Waals surface area contributed by atoms with Gasteiger partial charge in [-0.1, -0.05) is 19.4 Å². The van der Waals surface area contributed by atoms with Gasteiger partial charge in [0.15, 0.2) is 0 Å². The zero-order valence-corrected chi connectivity index (χ0v) is 16.0. The van der Waals surface area contributed by atoms with Gasteiger partial charge in [-0.05, 0) is 44.2 Å². The maximum atomic E-state index is 14.2. The monoisotopic (exact) mass is 382 g/mol. The van der Waals surface area contributed by atoms with Crippen LogP contribution in [-0.4, -0.2) is 43.1 Å². The molecule has 1 heterocycles. The lowest BCUT2D eigenvalue weighted by molar-refractivity contribution is -0.158. The molecule has 0 unspecified atom stereocenters. The molecule has 0 spiro atoms. The predicted octanol–water partition coefficient (Wildman–Crippen LogP) is 3.66. The molecule has 1 saturated heterocycles. The molecule has 0 aromatic heterocycles. The van der Waals surface area contributed by atoms with E-state index in [-0.39, 0.29) is 31.2 Å². The number of urea groups is 1. The van der Waals surface area contributed by atoms with Crippen molar-refractivity contribution < 1.29 is 23.1 Å². The van der Waals surface area contributed by atoms with Gasteiger partial charge in [0, 0.05) is 25.7 Å². The Hall–Kier alpha value is -2.18. The van der Waals surface area contributed by atoms with Crippen LogP contribution in [0.3, 0.4) is 0 Å². The summed E-state index contributed by atoms with van der Waals surface area (Å²) in [5.41, 5.74) is -0.785. The van der Waals surface area contributed by atoms with Crippen LogP contribution in [0, 0.1) is 17.0 Å². The van der Waals surface area contributed by atoms with Gasteiger partial charge in [0.05, 0.1) is 12.0 Å². The second-order valence-electron chi connectivity index (χ2n) is 7.02. The minimum atomic E-state index is -1.03. The second kappa shape index (κ2) is 9.67. The molecule has 1 fully saturated rings. The maximum absolute atomic E-state index is 14.2. The minimum absolute atomic E-state index is 0.0662. The lowest BCUT2D eigenvalue weighted by Gasteiger charge is -2.41. The number of likely N-dealkylation sites (tertiary alicyclic amines) is 1. The highest BCUT2D eigenvalue weighted by Gasteiger charge is 2.45. The summed E-state index contributed by atoms with van der Waals surface area (Å²) >= 11 is 0. The number of carbonyl (C=O) groups excluding carboxylic acids is 2. The molecule has 7 heteroatoms. The molecule has 0 bridgehead atoms. The number of hydrogen-bond acceptors (Lipinski definition) is 3. The Balaban J connectivity index is 2.22. The Morgan fingerprint density at radius 2 is 2.07 bits per heavy atom. The van der Waals surface area contributed by atoms with Crippen molar-refractivity contribution in [3.05, 3.63) is 35.4 Å². The third kappa shape index (κ3) is 5.40. The van der Waals surface area contributed by atoms with Crippen molar-refractivity contribution in [1.82, 2.24) is 10.2 Å². The first-order valence-electron chi connectivity index (χ1n) is 9.56. The molecule has 1 aromatic carbocycles. The number of unbranched alkanes of at least 4 members (excludes halogenated alkanes) is 1. The summed E-state index contributed by atoms with van der Waals surface area (Å²) in [5.74, 6) is -1.80. The van der Waals surface area contributed by atoms with Crippen LogP contribution in [0.5, 0.6) is 0 Å². The normalized spacial score (nSPS) is 19.6. The molecule has 1 N–H and O–H groups in total. The standard InChI is InChI=1S/C20H28F2N2O3/c1-3-5-10-23-19(26)24-11-6-9-20(14-24,18(25)27-4-2)13-15-7-8-16(21)12-17(15)22/h7-8,12H,3-6,9-11,13-14H2,1-2H3,(H,23,26)/t20-/m1/s1. The molecule has 0 radical (unpaired) electrons. The van der Waals surface area contributed by atoms with Gasteiger partial charge in [0.1, 0.15) is 11.6 Å². The molecular weight excluding hydrogens is 354 g/mol. The van der Waals surface area contributed by atoms with Crippen LogP contribution in [0.2, 0.25) is 0 Å². The molecule has 2 amide bonds. The van der Waals surface area contributed by atoms with E-state index >= 15 is 0 Å². The van der Waals surface area contributed by atoms with Gasteiger partial charge in [-0.25, -0.2) is 13.6 Å². The van der Waals surface area contributed by atoms with E-state index in [2.05, 4.69) is 5.32 Å². The molecule has 1 atom stereocenters. The van der Waals surface area contributed by atoms with Crippen molar-refractivity contribution in [2.24, 2.45) is 5.41 Å². The lowest BCUT2D eigenvalue weighted by Crippen LogP contribution is -2.54. The van der Waals surface area contributed by atoms with Gasteiger partial charge in [0.25, 0.3) is 0 Å². The fourth-order valence-corrected chi connectivity index (χ4v) is 3.49. The van der Waals surface area contributed by atoms with Gasteiger partial charge in [-0.2, -0.15) is 0 Å². The Morgan fingerprint density at radius 3 is 2.74 bits per heavy atom. The fourth-order valence-electron chi connectivity index (χ4n) is 3.49. The van der Waals surface area contributed by atoms with E-state index in [4.69, 9.17) is 4.74 Å². The number of esters is 1. The lowest BCUT2D eigenvalue weighted by atomic mass is 9.75. The van der Waals surface area contributed by atoms with E-state index in [0.29, 0.717) is 25.9 Å². The number of carbonyl (C=O) groups is 2. The maximum Gasteiger partial charge on any atom is 0.317 e. The number of amides is 2. The van der Waals surface area contributed by atoms with Crippen LogP contribution in [0.1, 0.15) is 45.1 Å². The molecule has 27 heavy (non-hydrogen) atoms. The molecule has 0 aliphatic carbocycles. The topological polar surface area (TPSA) is 58.6 Å². The van der Waals surface area contributed by atoms with E-state index in [1.165, 1.54) is 12.1 Å². The Kier molecular flexibility index (Phi) is 7.56. The number of ether oxygens (including phenoxy) is 1. The van der Waals surface area contributed by atoms with Gasteiger partial charge < -0.3 is 15.0 Å². The van der Waals surface area contributed by atoms with Crippen LogP contribution in [0.15, 0.2) is 18.2 Å². The van der Waals surface area contributed by atoms with Gasteiger partial charge in [-0.3, -0.25) is 4.79 Å². The van der Waals surface area contributed by atoms with E-state index in [0.717, 1.165) is 18.9 Å². The summed E-state index contributed by atoms with van der Waals surface area (Å²) in [5, 5.41) is 2.86. The minimum Gasteiger partial charge on any atom is -0.466 e. The van der Waals surface area contributed by atoms with E-state index in [1.54, 1.807) is 11.8 Å². The van der Waals surface area contributed by atoms with Crippen LogP contribution in [-0.2, 0) is 16.0 Å². The van der Waals surface area contributed by atoms with Gasteiger partial charge >= 0.3 is 12.0 Å². The Morgan fingerprint density at radius 1 is 1.30 bits per heavy atom. The SMILES string of the molecule is CCCCNC(=O)N1CCC[C@](Cc2ccc(F)cc2F)(C(=O)OCC)C1. The molecular formula is C20H28F2N2O3. The number of halogens is 2. The summed E-state index contributed by atoms with van der Waals surface area (Å²) in [7, 11) is 0. The van der Waals surface area contributed by atoms with E-state index in [1.807, 2.05) is 6.92 Å². The third-order valence-electron chi connectivity index (χ3n) is 4.92. The van der Waals surface area contributed by atoms with Crippen LogP contribution in [0.25, 0.3) is 0 Å². The van der Waals surface area contributed by atoms with Gasteiger partial charge in [0.2, 0.25) is 0 Å². The third-order valence-corrected chi connectivity index (χ3v) is 4.92. The predicted molar refractivity (Wildman–Crippen MR) is 98.2 cm³/mol. The van der Waals surface area contributed by atoms with Crippen molar-refractivity contribution >= 4 is 12.0 Å². The summed E-state index contributed by atoms with van der Waals surface area (Å²) in [6.07, 6.45) is 3.02. The van der Waals surface area contributed by atoms with Crippen molar-refractivity contribution in [3.8, 4) is 0 Å². The zero-order valence-electron chi connectivity index (χ0n) is 16.0. The molecule has 5 nitrogen and oxygen atoms in total. The van der Waals surface area contributed by atoms with Crippen LogP contribution >= 0.6 is 0 Å². The van der Waals surface area contributed by atoms with Crippen molar-refractivity contribution in [1.29, 1.82) is 0 Å².